The molecule has 4 aromatic carbocycles. The number of carbonyl (C=O) groups excluding carboxylic acids is 1. The first-order chi connectivity index (χ1) is 20.1. The van der Waals surface area contributed by atoms with Crippen LogP contribution in [0.25, 0.3) is 11.1 Å². The summed E-state index contributed by atoms with van der Waals surface area (Å²) < 4.78 is 0. The minimum absolute atomic E-state index is 0.193. The number of para-hydroxylation sites is 1. The normalized spacial score (nSPS) is 15.6. The third-order valence-electron chi connectivity index (χ3n) is 7.87. The zero-order valence-electron chi connectivity index (χ0n) is 22.9. The predicted octanol–water partition coefficient (Wildman–Crippen LogP) is 8.07. The maximum Gasteiger partial charge on any atom is 0.349 e. The van der Waals surface area contributed by atoms with Crippen molar-refractivity contribution in [1.29, 1.82) is 0 Å². The molecule has 0 spiro atoms. The van der Waals surface area contributed by atoms with Crippen LogP contribution in [-0.4, -0.2) is 21.9 Å². The van der Waals surface area contributed by atoms with Crippen LogP contribution in [0.2, 0.25) is 0 Å². The smallest absolute Gasteiger partial charge is 0.349 e. The van der Waals surface area contributed by atoms with Gasteiger partial charge in [0.05, 0.1) is 23.6 Å². The van der Waals surface area contributed by atoms with Crippen molar-refractivity contribution in [3.05, 3.63) is 114 Å². The number of amides is 2. The highest BCUT2D eigenvalue weighted by atomic mass is 32.1. The average molecular weight is 560 g/mol. The molecule has 1 aliphatic carbocycles. The first-order valence-electron chi connectivity index (χ1n) is 14.2. The Labute approximate surface area is 246 Å². The summed E-state index contributed by atoms with van der Waals surface area (Å²) in [6, 6.07) is 34.1. The van der Waals surface area contributed by atoms with Crippen molar-refractivity contribution < 1.29 is 4.79 Å². The summed E-state index contributed by atoms with van der Waals surface area (Å²) in [6.45, 7) is 0.353. The van der Waals surface area contributed by atoms with E-state index < -0.39 is 0 Å². The van der Waals surface area contributed by atoms with Crippen molar-refractivity contribution in [2.75, 3.05) is 10.2 Å². The van der Waals surface area contributed by atoms with Gasteiger partial charge in [0.2, 0.25) is 0 Å². The van der Waals surface area contributed by atoms with Gasteiger partial charge in [-0.05, 0) is 72.1 Å². The van der Waals surface area contributed by atoms with Crippen LogP contribution in [0.3, 0.4) is 0 Å². The van der Waals surface area contributed by atoms with Crippen LogP contribution in [0.15, 0.2) is 108 Å². The van der Waals surface area contributed by atoms with Gasteiger partial charge in [-0.25, -0.2) is 9.80 Å². The SMILES string of the molecule is NC(=S)Nc1ccc(N2C(=O)N(Cc3ccccc3-c3ccccc3)N=C(C3CCCCC3)c3ccccc32)cc1. The number of thiocarbonyl (C=S) groups is 1. The van der Waals surface area contributed by atoms with Crippen LogP contribution in [0.1, 0.15) is 43.2 Å². The molecule has 6 rings (SSSR count). The molecule has 4 aromatic rings. The zero-order valence-corrected chi connectivity index (χ0v) is 23.7. The minimum Gasteiger partial charge on any atom is -0.376 e. The van der Waals surface area contributed by atoms with Gasteiger partial charge >= 0.3 is 6.03 Å². The Kier molecular flexibility index (Phi) is 7.78. The van der Waals surface area contributed by atoms with Crippen LogP contribution in [0, 0.1) is 5.92 Å². The Morgan fingerprint density at radius 1 is 0.829 bits per heavy atom. The van der Waals surface area contributed by atoms with Crippen LogP contribution < -0.4 is 16.0 Å². The molecular formula is C34H33N5OS. The molecule has 0 aromatic heterocycles. The highest BCUT2D eigenvalue weighted by Crippen LogP contribution is 2.38. The number of hydrazone groups is 1. The molecule has 1 heterocycles. The third kappa shape index (κ3) is 5.72. The topological polar surface area (TPSA) is 74.0 Å². The lowest BCUT2D eigenvalue weighted by atomic mass is 9.83. The highest BCUT2D eigenvalue weighted by molar-refractivity contribution is 7.80. The summed E-state index contributed by atoms with van der Waals surface area (Å²) in [5.74, 6) is 0.307. The summed E-state index contributed by atoms with van der Waals surface area (Å²) in [7, 11) is 0. The quantitative estimate of drug-likeness (QED) is 0.234. The van der Waals surface area contributed by atoms with Gasteiger partial charge in [0.25, 0.3) is 0 Å². The Morgan fingerprint density at radius 2 is 1.49 bits per heavy atom. The Morgan fingerprint density at radius 3 is 2.22 bits per heavy atom. The maximum atomic E-state index is 14.5. The molecule has 0 saturated heterocycles. The van der Waals surface area contributed by atoms with Gasteiger partial charge in [0.15, 0.2) is 5.11 Å². The molecule has 7 heteroatoms. The first kappa shape index (κ1) is 26.7. The van der Waals surface area contributed by atoms with Crippen LogP contribution in [-0.2, 0) is 6.54 Å². The minimum atomic E-state index is -0.193. The third-order valence-corrected chi connectivity index (χ3v) is 7.97. The fourth-order valence-electron chi connectivity index (χ4n) is 5.92. The van der Waals surface area contributed by atoms with Crippen LogP contribution in [0.5, 0.6) is 0 Å². The van der Waals surface area contributed by atoms with Crippen LogP contribution >= 0.6 is 12.2 Å². The molecule has 0 unspecified atom stereocenters. The second-order valence-electron chi connectivity index (χ2n) is 10.6. The molecule has 1 saturated carbocycles. The zero-order chi connectivity index (χ0) is 28.2. The molecule has 1 aliphatic heterocycles. The molecule has 2 amide bonds. The molecule has 206 valence electrons. The summed E-state index contributed by atoms with van der Waals surface area (Å²) >= 11 is 5.00. The van der Waals surface area contributed by atoms with E-state index in [2.05, 4.69) is 35.6 Å². The fraction of sp³-hybridized carbons (Fsp3) is 0.206. The van der Waals surface area contributed by atoms with E-state index in [1.54, 1.807) is 9.91 Å². The second-order valence-corrected chi connectivity index (χ2v) is 11.0. The van der Waals surface area contributed by atoms with E-state index in [0.29, 0.717) is 12.5 Å². The molecule has 0 bridgehead atoms. The Hall–Kier alpha value is -4.49. The number of benzene rings is 4. The largest absolute Gasteiger partial charge is 0.376 e. The highest BCUT2D eigenvalue weighted by Gasteiger charge is 2.34. The second kappa shape index (κ2) is 11.9. The van der Waals surface area contributed by atoms with Gasteiger partial charge in [0, 0.05) is 17.2 Å². The molecule has 1 fully saturated rings. The Balaban J connectivity index is 1.46. The van der Waals surface area contributed by atoms with E-state index >= 15 is 0 Å². The summed E-state index contributed by atoms with van der Waals surface area (Å²) in [6.07, 6.45) is 5.76. The van der Waals surface area contributed by atoms with Gasteiger partial charge in [-0.1, -0.05) is 92.1 Å². The molecule has 6 nitrogen and oxygen atoms in total. The Bertz CT molecular complexity index is 1580. The van der Waals surface area contributed by atoms with Crippen LogP contribution in [0.4, 0.5) is 21.9 Å². The lowest BCUT2D eigenvalue weighted by Crippen LogP contribution is -2.37. The lowest BCUT2D eigenvalue weighted by Gasteiger charge is -2.27. The summed E-state index contributed by atoms with van der Waals surface area (Å²) in [5, 5.41) is 10.0. The number of rotatable bonds is 6. The van der Waals surface area contributed by atoms with Crippen molar-refractivity contribution in [3.8, 4) is 11.1 Å². The number of carbonyl (C=O) groups is 1. The fourth-order valence-corrected chi connectivity index (χ4v) is 6.03. The number of hydrogen-bond acceptors (Lipinski definition) is 3. The van der Waals surface area contributed by atoms with Gasteiger partial charge in [-0.3, -0.25) is 4.90 Å². The van der Waals surface area contributed by atoms with Crippen molar-refractivity contribution in [1.82, 2.24) is 5.01 Å². The molecule has 3 N–H and O–H groups in total. The summed E-state index contributed by atoms with van der Waals surface area (Å²) in [4.78, 5) is 16.3. The first-order valence-corrected chi connectivity index (χ1v) is 14.6. The van der Waals surface area contributed by atoms with E-state index in [9.17, 15) is 4.79 Å². The standard InChI is InChI=1S/C34H33N5OS/c35-33(41)36-27-19-21-28(22-20-27)39-31-18-10-9-17-30(31)32(25-13-5-2-6-14-25)37-38(34(39)40)23-26-15-7-8-16-29(26)24-11-3-1-4-12-24/h1,3-4,7-12,15-22,25H,2,5-6,13-14,23H2,(H3,35,36,41). The average Bonchev–Trinajstić information content (AvgIpc) is 3.13. The molecule has 41 heavy (non-hydrogen) atoms. The van der Waals surface area contributed by atoms with Gasteiger partial charge in [-0.2, -0.15) is 5.10 Å². The van der Waals surface area contributed by atoms with E-state index in [1.807, 2.05) is 72.8 Å². The van der Waals surface area contributed by atoms with E-state index in [4.69, 9.17) is 23.1 Å². The number of fused-ring (bicyclic) bond motifs is 1. The van der Waals surface area contributed by atoms with Crippen molar-refractivity contribution in [2.45, 2.75) is 38.6 Å². The number of hydrogen-bond donors (Lipinski definition) is 2. The van der Waals surface area contributed by atoms with Gasteiger partial charge in [0.1, 0.15) is 0 Å². The van der Waals surface area contributed by atoms with E-state index in [-0.39, 0.29) is 11.1 Å². The van der Waals surface area contributed by atoms with Gasteiger partial charge in [-0.15, -0.1) is 0 Å². The monoisotopic (exact) mass is 559 g/mol. The number of urea groups is 1. The molecule has 2 aliphatic rings. The predicted molar refractivity (Wildman–Crippen MR) is 171 cm³/mol. The van der Waals surface area contributed by atoms with Crippen molar-refractivity contribution >= 4 is 46.1 Å². The molecule has 0 radical (unpaired) electrons. The van der Waals surface area contributed by atoms with Gasteiger partial charge < -0.3 is 11.1 Å². The molecule has 0 atom stereocenters. The number of nitrogens with one attached hydrogen (secondary N) is 1. The van der Waals surface area contributed by atoms with Crippen molar-refractivity contribution in [2.24, 2.45) is 16.8 Å². The van der Waals surface area contributed by atoms with Crippen molar-refractivity contribution in [3.63, 3.8) is 0 Å². The lowest BCUT2D eigenvalue weighted by molar-refractivity contribution is 0.207. The summed E-state index contributed by atoms with van der Waals surface area (Å²) in [5.41, 5.74) is 13.3. The maximum absolute atomic E-state index is 14.5. The van der Waals surface area contributed by atoms with E-state index in [1.165, 1.54) is 19.3 Å². The van der Waals surface area contributed by atoms with E-state index in [0.717, 1.165) is 57.9 Å². The number of nitrogens with two attached hydrogens (primary N) is 1. The molecular weight excluding hydrogens is 526 g/mol. The number of anilines is 3. The number of nitrogens with zero attached hydrogens (tertiary/aromatic N) is 3.